The number of halogens is 2. The van der Waals surface area contributed by atoms with Crippen molar-refractivity contribution < 1.29 is 4.79 Å². The third-order valence-corrected chi connectivity index (χ3v) is 2.66. The van der Waals surface area contributed by atoms with Gasteiger partial charge in [-0.25, -0.2) is 4.68 Å². The van der Waals surface area contributed by atoms with Gasteiger partial charge < -0.3 is 0 Å². The molecule has 0 saturated heterocycles. The second-order valence-electron chi connectivity index (χ2n) is 2.76. The van der Waals surface area contributed by atoms with Gasteiger partial charge in [-0.1, -0.05) is 34.5 Å². The van der Waals surface area contributed by atoms with E-state index in [0.717, 1.165) is 0 Å². The lowest BCUT2D eigenvalue weighted by molar-refractivity contribution is 0.111. The summed E-state index contributed by atoms with van der Waals surface area (Å²) in [6, 6.07) is 5.08. The van der Waals surface area contributed by atoms with Gasteiger partial charge >= 0.3 is 0 Å². The summed E-state index contributed by atoms with van der Waals surface area (Å²) in [7, 11) is 0. The quantitative estimate of drug-likeness (QED) is 0.759. The lowest BCUT2D eigenvalue weighted by Gasteiger charge is -2.05. The summed E-state index contributed by atoms with van der Waals surface area (Å²) in [4.78, 5) is 10.7. The second kappa shape index (κ2) is 4.00. The highest BCUT2D eigenvalue weighted by Crippen LogP contribution is 2.28. The van der Waals surface area contributed by atoms with Crippen molar-refractivity contribution in [1.82, 2.24) is 15.0 Å². The van der Waals surface area contributed by atoms with Crippen molar-refractivity contribution >= 4 is 29.5 Å². The van der Waals surface area contributed by atoms with Gasteiger partial charge in [-0.3, -0.25) is 4.79 Å². The van der Waals surface area contributed by atoms with Crippen molar-refractivity contribution in [2.45, 2.75) is 0 Å². The van der Waals surface area contributed by atoms with Crippen molar-refractivity contribution in [1.29, 1.82) is 0 Å². The molecule has 0 bridgehead atoms. The molecule has 0 atom stereocenters. The van der Waals surface area contributed by atoms with Crippen LogP contribution in [0.5, 0.6) is 0 Å². The molecule has 0 unspecified atom stereocenters. The molecule has 4 nitrogen and oxygen atoms in total. The van der Waals surface area contributed by atoms with Crippen LogP contribution in [0.1, 0.15) is 10.5 Å². The van der Waals surface area contributed by atoms with E-state index in [1.54, 1.807) is 18.2 Å². The summed E-state index contributed by atoms with van der Waals surface area (Å²) in [6.07, 6.45) is 2.00. The fourth-order valence-electron chi connectivity index (χ4n) is 1.17. The average Bonchev–Trinajstić information content (AvgIpc) is 2.70. The van der Waals surface area contributed by atoms with Crippen molar-refractivity contribution in [3.63, 3.8) is 0 Å². The summed E-state index contributed by atoms with van der Waals surface area (Å²) in [5.41, 5.74) is 0.850. The smallest absolute Gasteiger partial charge is 0.170 e. The maximum atomic E-state index is 10.7. The van der Waals surface area contributed by atoms with Crippen LogP contribution in [0.2, 0.25) is 10.0 Å². The molecule has 0 aliphatic carbocycles. The highest BCUT2D eigenvalue weighted by atomic mass is 35.5. The average molecular weight is 242 g/mol. The molecule has 0 amide bonds. The Bertz CT molecular complexity index is 510. The van der Waals surface area contributed by atoms with Crippen molar-refractivity contribution in [3.8, 4) is 5.69 Å². The number of carbonyl (C=O) groups excluding carboxylic acids is 1. The highest BCUT2D eigenvalue weighted by molar-refractivity contribution is 6.43. The Balaban J connectivity index is 2.64. The number of nitrogens with zero attached hydrogens (tertiary/aromatic N) is 3. The monoisotopic (exact) mass is 241 g/mol. The molecule has 0 aliphatic rings. The molecule has 0 fully saturated rings. The third kappa shape index (κ3) is 1.73. The summed E-state index contributed by atoms with van der Waals surface area (Å²) < 4.78 is 1.33. The Morgan fingerprint density at radius 1 is 1.33 bits per heavy atom. The highest BCUT2D eigenvalue weighted by Gasteiger charge is 2.10. The minimum Gasteiger partial charge on any atom is -0.296 e. The molecule has 2 rings (SSSR count). The van der Waals surface area contributed by atoms with Gasteiger partial charge in [0.2, 0.25) is 0 Å². The van der Waals surface area contributed by atoms with Crippen molar-refractivity contribution in [2.24, 2.45) is 0 Å². The molecule has 1 heterocycles. The first-order chi connectivity index (χ1) is 7.24. The van der Waals surface area contributed by atoms with Crippen LogP contribution in [-0.2, 0) is 0 Å². The summed E-state index contributed by atoms with van der Waals surface area (Å²) in [5.74, 6) is 0. The molecule has 2 aromatic rings. The maximum absolute atomic E-state index is 10.7. The Hall–Kier alpha value is -1.39. The van der Waals surface area contributed by atoms with Crippen LogP contribution < -0.4 is 0 Å². The minimum absolute atomic E-state index is 0.319. The molecule has 1 aromatic carbocycles. The van der Waals surface area contributed by atoms with E-state index in [4.69, 9.17) is 23.2 Å². The standard InChI is InChI=1S/C9H5Cl2N3O/c10-7-2-1-3-8(9(7)11)14-6(5-15)4-12-13-14/h1-5H. The number of hydrogen-bond donors (Lipinski definition) is 0. The molecule has 0 saturated carbocycles. The number of rotatable bonds is 2. The third-order valence-electron chi connectivity index (χ3n) is 1.86. The summed E-state index contributed by atoms with van der Waals surface area (Å²) in [6.45, 7) is 0. The predicted octanol–water partition coefficient (Wildman–Crippen LogP) is 2.39. The number of hydrogen-bond acceptors (Lipinski definition) is 3. The zero-order chi connectivity index (χ0) is 10.8. The van der Waals surface area contributed by atoms with Crippen LogP contribution in [0.4, 0.5) is 0 Å². The first kappa shape index (κ1) is 10.1. The van der Waals surface area contributed by atoms with E-state index in [1.807, 2.05) is 0 Å². The Morgan fingerprint density at radius 3 is 2.87 bits per heavy atom. The number of benzene rings is 1. The van der Waals surface area contributed by atoms with Gasteiger partial charge in [0.25, 0.3) is 0 Å². The Morgan fingerprint density at radius 2 is 2.13 bits per heavy atom. The van der Waals surface area contributed by atoms with Crippen molar-refractivity contribution in [2.75, 3.05) is 0 Å². The van der Waals surface area contributed by atoms with E-state index in [0.29, 0.717) is 27.7 Å². The summed E-state index contributed by atoms with van der Waals surface area (Å²) >= 11 is 11.8. The molecule has 0 aliphatic heterocycles. The van der Waals surface area contributed by atoms with Crippen LogP contribution in [0.15, 0.2) is 24.4 Å². The molecule has 0 spiro atoms. The van der Waals surface area contributed by atoms with Gasteiger partial charge in [0, 0.05) is 0 Å². The first-order valence-corrected chi connectivity index (χ1v) is 4.80. The van der Waals surface area contributed by atoms with Gasteiger partial charge in [-0.2, -0.15) is 0 Å². The molecular weight excluding hydrogens is 237 g/mol. The van der Waals surface area contributed by atoms with Crippen LogP contribution in [0.3, 0.4) is 0 Å². The summed E-state index contributed by atoms with van der Waals surface area (Å²) in [5, 5.41) is 8.12. The second-order valence-corrected chi connectivity index (χ2v) is 3.55. The Labute approximate surface area is 95.4 Å². The minimum atomic E-state index is 0.319. The van der Waals surface area contributed by atoms with E-state index < -0.39 is 0 Å². The molecule has 6 heteroatoms. The maximum Gasteiger partial charge on any atom is 0.170 e. The van der Waals surface area contributed by atoms with E-state index in [1.165, 1.54) is 10.9 Å². The van der Waals surface area contributed by atoms with Gasteiger partial charge in [0.1, 0.15) is 5.69 Å². The van der Waals surface area contributed by atoms with E-state index >= 15 is 0 Å². The van der Waals surface area contributed by atoms with Gasteiger partial charge in [-0.05, 0) is 12.1 Å². The zero-order valence-corrected chi connectivity index (χ0v) is 8.90. The molecule has 0 N–H and O–H groups in total. The van der Waals surface area contributed by atoms with Gasteiger partial charge in [0.15, 0.2) is 6.29 Å². The van der Waals surface area contributed by atoms with Crippen LogP contribution in [0.25, 0.3) is 5.69 Å². The molecule has 1 aromatic heterocycles. The molecule has 76 valence electrons. The van der Waals surface area contributed by atoms with E-state index in [2.05, 4.69) is 10.3 Å². The van der Waals surface area contributed by atoms with E-state index in [-0.39, 0.29) is 0 Å². The zero-order valence-electron chi connectivity index (χ0n) is 7.39. The predicted molar refractivity (Wildman–Crippen MR) is 56.8 cm³/mol. The number of carbonyl (C=O) groups is 1. The topological polar surface area (TPSA) is 47.8 Å². The van der Waals surface area contributed by atoms with Gasteiger partial charge in [0.05, 0.1) is 21.9 Å². The lowest BCUT2D eigenvalue weighted by atomic mass is 10.3. The molecular formula is C9H5Cl2N3O. The lowest BCUT2D eigenvalue weighted by Crippen LogP contribution is -2.02. The Kier molecular flexibility index (Phi) is 2.70. The molecule has 15 heavy (non-hydrogen) atoms. The fourth-order valence-corrected chi connectivity index (χ4v) is 1.54. The largest absolute Gasteiger partial charge is 0.296 e. The normalized spacial score (nSPS) is 10.3. The van der Waals surface area contributed by atoms with Crippen LogP contribution in [0, 0.1) is 0 Å². The van der Waals surface area contributed by atoms with Crippen LogP contribution >= 0.6 is 23.2 Å². The first-order valence-electron chi connectivity index (χ1n) is 4.04. The van der Waals surface area contributed by atoms with Crippen molar-refractivity contribution in [3.05, 3.63) is 40.1 Å². The fraction of sp³-hybridized carbons (Fsp3) is 0. The molecule has 0 radical (unpaired) electrons. The van der Waals surface area contributed by atoms with E-state index in [9.17, 15) is 4.79 Å². The van der Waals surface area contributed by atoms with Crippen LogP contribution in [-0.4, -0.2) is 21.3 Å². The SMILES string of the molecule is O=Cc1cnnn1-c1cccc(Cl)c1Cl. The number of aldehydes is 1. The van der Waals surface area contributed by atoms with Gasteiger partial charge in [-0.15, -0.1) is 5.10 Å². The number of aromatic nitrogens is 3.